The number of amides is 1. The maximum absolute atomic E-state index is 12.3. The van der Waals surface area contributed by atoms with Crippen LogP contribution >= 0.6 is 0 Å². The number of hydrogen-bond donors (Lipinski definition) is 2. The van der Waals surface area contributed by atoms with E-state index in [1.807, 2.05) is 6.92 Å². The second kappa shape index (κ2) is 6.71. The predicted molar refractivity (Wildman–Crippen MR) is 78.0 cm³/mol. The van der Waals surface area contributed by atoms with Crippen molar-refractivity contribution in [3.05, 3.63) is 0 Å². The average molecular weight is 267 g/mol. The third-order valence-electron chi connectivity index (χ3n) is 4.81. The van der Waals surface area contributed by atoms with Gasteiger partial charge in [0.05, 0.1) is 0 Å². The van der Waals surface area contributed by atoms with Crippen LogP contribution in [-0.4, -0.2) is 49.1 Å². The van der Waals surface area contributed by atoms with Crippen LogP contribution in [0, 0.1) is 11.8 Å². The molecule has 0 aromatic carbocycles. The molecule has 1 aliphatic heterocycles. The van der Waals surface area contributed by atoms with Crippen molar-refractivity contribution in [2.24, 2.45) is 11.8 Å². The topological polar surface area (TPSA) is 44.4 Å². The summed E-state index contributed by atoms with van der Waals surface area (Å²) in [5, 5.41) is 6.36. The molecule has 0 aromatic heterocycles. The van der Waals surface area contributed by atoms with Gasteiger partial charge in [0.15, 0.2) is 0 Å². The van der Waals surface area contributed by atoms with Crippen LogP contribution in [0.2, 0.25) is 0 Å². The molecule has 19 heavy (non-hydrogen) atoms. The summed E-state index contributed by atoms with van der Waals surface area (Å²) in [5.41, 5.74) is 0. The van der Waals surface area contributed by atoms with E-state index >= 15 is 0 Å². The van der Waals surface area contributed by atoms with E-state index in [0.717, 1.165) is 26.2 Å². The van der Waals surface area contributed by atoms with Gasteiger partial charge in [-0.1, -0.05) is 20.3 Å². The van der Waals surface area contributed by atoms with Crippen molar-refractivity contribution in [1.82, 2.24) is 15.5 Å². The van der Waals surface area contributed by atoms with Gasteiger partial charge in [-0.05, 0) is 31.6 Å². The van der Waals surface area contributed by atoms with E-state index in [1.54, 1.807) is 0 Å². The number of carbonyl (C=O) groups is 1. The number of nitrogens with one attached hydrogen (secondary N) is 2. The number of carbonyl (C=O) groups excluding carboxylic acids is 1. The Kier molecular flexibility index (Phi) is 5.22. The lowest BCUT2D eigenvalue weighted by Crippen LogP contribution is -2.63. The van der Waals surface area contributed by atoms with Crippen LogP contribution in [0.5, 0.6) is 0 Å². The van der Waals surface area contributed by atoms with Crippen LogP contribution in [0.4, 0.5) is 0 Å². The Morgan fingerprint density at radius 3 is 2.63 bits per heavy atom. The maximum atomic E-state index is 12.3. The number of nitrogens with zero attached hydrogens (tertiary/aromatic N) is 1. The highest BCUT2D eigenvalue weighted by atomic mass is 16.2. The van der Waals surface area contributed by atoms with Gasteiger partial charge in [-0.15, -0.1) is 0 Å². The van der Waals surface area contributed by atoms with E-state index in [4.69, 9.17) is 0 Å². The van der Waals surface area contributed by atoms with Crippen molar-refractivity contribution in [3.8, 4) is 0 Å². The number of likely N-dealkylation sites (N-methyl/N-ethyl adjacent to an activating group) is 1. The summed E-state index contributed by atoms with van der Waals surface area (Å²) in [6.07, 6.45) is 3.96. The van der Waals surface area contributed by atoms with E-state index in [2.05, 4.69) is 29.4 Å². The largest absolute Gasteiger partial charge is 0.355 e. The van der Waals surface area contributed by atoms with Crippen LogP contribution in [0.3, 0.4) is 0 Å². The first kappa shape index (κ1) is 14.8. The van der Waals surface area contributed by atoms with E-state index in [9.17, 15) is 4.79 Å². The van der Waals surface area contributed by atoms with Gasteiger partial charge >= 0.3 is 0 Å². The molecule has 0 radical (unpaired) electrons. The van der Waals surface area contributed by atoms with Gasteiger partial charge in [-0.3, -0.25) is 9.69 Å². The highest BCUT2D eigenvalue weighted by molar-refractivity contribution is 5.82. The number of piperazine rings is 1. The van der Waals surface area contributed by atoms with Gasteiger partial charge in [-0.25, -0.2) is 0 Å². The normalized spacial score (nSPS) is 37.0. The molecule has 3 unspecified atom stereocenters. The van der Waals surface area contributed by atoms with E-state index in [0.29, 0.717) is 17.9 Å². The fourth-order valence-corrected chi connectivity index (χ4v) is 3.93. The predicted octanol–water partition coefficient (Wildman–Crippen LogP) is 1.22. The monoisotopic (exact) mass is 267 g/mol. The first-order valence-electron chi connectivity index (χ1n) is 7.89. The second-order valence-electron chi connectivity index (χ2n) is 6.23. The molecule has 2 fully saturated rings. The Morgan fingerprint density at radius 1 is 1.32 bits per heavy atom. The van der Waals surface area contributed by atoms with Gasteiger partial charge < -0.3 is 10.6 Å². The van der Waals surface area contributed by atoms with Crippen LogP contribution < -0.4 is 10.6 Å². The maximum Gasteiger partial charge on any atom is 0.238 e. The van der Waals surface area contributed by atoms with Crippen molar-refractivity contribution in [2.45, 2.75) is 52.1 Å². The summed E-state index contributed by atoms with van der Waals surface area (Å²) >= 11 is 0. The first-order valence-corrected chi connectivity index (χ1v) is 7.89. The highest BCUT2D eigenvalue weighted by Gasteiger charge is 2.39. The zero-order valence-corrected chi connectivity index (χ0v) is 12.6. The molecule has 0 spiro atoms. The molecule has 1 aliphatic carbocycles. The van der Waals surface area contributed by atoms with Crippen LogP contribution in [0.25, 0.3) is 0 Å². The molecule has 0 aromatic rings. The Balaban J connectivity index is 2.11. The molecule has 4 heteroatoms. The van der Waals surface area contributed by atoms with E-state index < -0.39 is 0 Å². The van der Waals surface area contributed by atoms with Crippen molar-refractivity contribution in [1.29, 1.82) is 0 Å². The molecule has 3 atom stereocenters. The fourth-order valence-electron chi connectivity index (χ4n) is 3.93. The van der Waals surface area contributed by atoms with Crippen LogP contribution in [0.15, 0.2) is 0 Å². The van der Waals surface area contributed by atoms with Crippen molar-refractivity contribution < 1.29 is 4.79 Å². The molecular formula is C15H29N3O. The highest BCUT2D eigenvalue weighted by Crippen LogP contribution is 2.34. The second-order valence-corrected chi connectivity index (χ2v) is 6.23. The smallest absolute Gasteiger partial charge is 0.238 e. The van der Waals surface area contributed by atoms with Crippen LogP contribution in [0.1, 0.15) is 40.0 Å². The van der Waals surface area contributed by atoms with Crippen molar-refractivity contribution in [2.75, 3.05) is 26.2 Å². The van der Waals surface area contributed by atoms with E-state index in [-0.39, 0.29) is 11.9 Å². The molecule has 2 N–H and O–H groups in total. The minimum Gasteiger partial charge on any atom is -0.355 e. The molecule has 2 aliphatic rings. The van der Waals surface area contributed by atoms with Crippen molar-refractivity contribution in [3.63, 3.8) is 0 Å². The summed E-state index contributed by atoms with van der Waals surface area (Å²) in [5.74, 6) is 1.61. The fraction of sp³-hybridized carbons (Fsp3) is 0.933. The minimum absolute atomic E-state index is 0.0155. The summed E-state index contributed by atoms with van der Waals surface area (Å²) in [7, 11) is 0. The van der Waals surface area contributed by atoms with Crippen LogP contribution in [-0.2, 0) is 4.79 Å². The molecule has 1 saturated heterocycles. The zero-order valence-electron chi connectivity index (χ0n) is 12.6. The standard InChI is InChI=1S/C15H29N3O/c1-4-17-15(19)13-10-16-8-9-18(13)14-11(2)6-5-7-12(14)3/h11-14,16H,4-10H2,1-3H3,(H,17,19). The molecular weight excluding hydrogens is 238 g/mol. The Hall–Kier alpha value is -0.610. The lowest BCUT2D eigenvalue weighted by molar-refractivity contribution is -0.129. The third kappa shape index (κ3) is 3.29. The SMILES string of the molecule is CCNC(=O)C1CNCCN1C1C(C)CCCC1C. The summed E-state index contributed by atoms with van der Waals surface area (Å²) in [6, 6.07) is 0.588. The average Bonchev–Trinajstić information content (AvgIpc) is 2.39. The number of rotatable bonds is 3. The quantitative estimate of drug-likeness (QED) is 0.808. The molecule has 110 valence electrons. The molecule has 1 saturated carbocycles. The van der Waals surface area contributed by atoms with Gasteiger partial charge in [0.25, 0.3) is 0 Å². The lowest BCUT2D eigenvalue weighted by Gasteiger charge is -2.47. The molecule has 4 nitrogen and oxygen atoms in total. The zero-order chi connectivity index (χ0) is 13.8. The lowest BCUT2D eigenvalue weighted by atomic mass is 9.77. The van der Waals surface area contributed by atoms with Gasteiger partial charge in [0, 0.05) is 32.2 Å². The van der Waals surface area contributed by atoms with Gasteiger partial charge in [-0.2, -0.15) is 0 Å². The summed E-state index contributed by atoms with van der Waals surface area (Å²) in [4.78, 5) is 14.8. The number of hydrogen-bond acceptors (Lipinski definition) is 3. The molecule has 0 bridgehead atoms. The summed E-state index contributed by atoms with van der Waals surface area (Å²) < 4.78 is 0. The molecule has 1 amide bonds. The van der Waals surface area contributed by atoms with Crippen molar-refractivity contribution >= 4 is 5.91 Å². The van der Waals surface area contributed by atoms with E-state index in [1.165, 1.54) is 19.3 Å². The molecule has 2 rings (SSSR count). The molecule has 1 heterocycles. The van der Waals surface area contributed by atoms with Gasteiger partial charge in [0.2, 0.25) is 5.91 Å². The Labute approximate surface area is 117 Å². The first-order chi connectivity index (χ1) is 9.15. The minimum atomic E-state index is 0.0155. The summed E-state index contributed by atoms with van der Waals surface area (Å²) in [6.45, 7) is 10.2. The third-order valence-corrected chi connectivity index (χ3v) is 4.81. The Bertz CT molecular complexity index is 298. The Morgan fingerprint density at radius 2 is 2.00 bits per heavy atom. The van der Waals surface area contributed by atoms with Gasteiger partial charge in [0.1, 0.15) is 6.04 Å².